The van der Waals surface area contributed by atoms with E-state index in [0.717, 1.165) is 50.9 Å². The van der Waals surface area contributed by atoms with Gasteiger partial charge in [0.25, 0.3) is 0 Å². The fourth-order valence-corrected chi connectivity index (χ4v) is 4.31. The molecule has 0 bridgehead atoms. The number of aliphatic imine (C=N–C) groups is 1. The van der Waals surface area contributed by atoms with Crippen molar-refractivity contribution in [1.29, 1.82) is 0 Å². The molecular weight excluding hydrogens is 410 g/mol. The Bertz CT molecular complexity index is 1010. The molecule has 1 aromatic heterocycles. The lowest BCUT2D eigenvalue weighted by molar-refractivity contribution is -0.0265. The van der Waals surface area contributed by atoms with Gasteiger partial charge in [0.05, 0.1) is 6.10 Å². The first-order valence-corrected chi connectivity index (χ1v) is 12.0. The lowest BCUT2D eigenvalue weighted by Crippen LogP contribution is -2.42. The monoisotopic (exact) mass is 445 g/mol. The molecule has 0 radical (unpaired) electrons. The molecule has 4 rings (SSSR count). The first kappa shape index (κ1) is 23.1. The van der Waals surface area contributed by atoms with Gasteiger partial charge in [0.2, 0.25) is 0 Å². The van der Waals surface area contributed by atoms with Crippen molar-refractivity contribution in [2.45, 2.75) is 45.9 Å². The maximum Gasteiger partial charge on any atom is 0.191 e. The minimum Gasteiger partial charge on any atom is -0.373 e. The van der Waals surface area contributed by atoms with Crippen molar-refractivity contribution in [2.24, 2.45) is 10.9 Å². The molecule has 1 aliphatic heterocycles. The summed E-state index contributed by atoms with van der Waals surface area (Å²) in [4.78, 5) is 9.36. The summed E-state index contributed by atoms with van der Waals surface area (Å²) in [5.74, 6) is 2.18. The molecule has 2 N–H and O–H groups in total. The number of ether oxygens (including phenoxy) is 1. The average molecular weight is 446 g/mol. The number of hydrogen-bond acceptors (Lipinski definition) is 3. The third-order valence-corrected chi connectivity index (χ3v) is 6.10. The molecule has 1 aliphatic rings. The van der Waals surface area contributed by atoms with E-state index in [1.807, 2.05) is 18.5 Å². The van der Waals surface area contributed by atoms with Crippen molar-refractivity contribution >= 4 is 5.96 Å². The van der Waals surface area contributed by atoms with Gasteiger partial charge in [-0.3, -0.25) is 0 Å². The summed E-state index contributed by atoms with van der Waals surface area (Å²) in [5.41, 5.74) is 3.79. The number of rotatable bonds is 8. The molecule has 0 aliphatic carbocycles. The topological polar surface area (TPSA) is 63.5 Å². The second-order valence-electron chi connectivity index (χ2n) is 8.64. The Hall–Kier alpha value is -3.12. The Morgan fingerprint density at radius 2 is 1.94 bits per heavy atom. The van der Waals surface area contributed by atoms with Crippen molar-refractivity contribution in [2.75, 3.05) is 19.7 Å². The summed E-state index contributed by atoms with van der Waals surface area (Å²) in [6.45, 7) is 8.00. The fraction of sp³-hybridized carbons (Fsp3) is 0.407. The maximum absolute atomic E-state index is 6.19. The van der Waals surface area contributed by atoms with Crippen LogP contribution in [0.15, 0.2) is 72.0 Å². The molecule has 0 amide bonds. The minimum absolute atomic E-state index is 0.125. The van der Waals surface area contributed by atoms with Gasteiger partial charge in [0.15, 0.2) is 5.96 Å². The van der Waals surface area contributed by atoms with Crippen LogP contribution in [0.4, 0.5) is 0 Å². The van der Waals surface area contributed by atoms with Crippen molar-refractivity contribution < 1.29 is 4.74 Å². The summed E-state index contributed by atoms with van der Waals surface area (Å²) >= 11 is 0. The Kier molecular flexibility index (Phi) is 8.14. The van der Waals surface area contributed by atoms with Gasteiger partial charge >= 0.3 is 0 Å². The van der Waals surface area contributed by atoms with Crippen molar-refractivity contribution in [3.05, 3.63) is 89.5 Å². The van der Waals surface area contributed by atoms with E-state index in [1.54, 1.807) is 0 Å². The van der Waals surface area contributed by atoms with Gasteiger partial charge in [0, 0.05) is 44.6 Å². The third kappa shape index (κ3) is 6.45. The average Bonchev–Trinajstić information content (AvgIpc) is 3.29. The molecule has 6 nitrogen and oxygen atoms in total. The van der Waals surface area contributed by atoms with Crippen LogP contribution in [0.3, 0.4) is 0 Å². The number of guanidine groups is 1. The molecule has 2 aromatic carbocycles. The predicted octanol–water partition coefficient (Wildman–Crippen LogP) is 4.46. The lowest BCUT2D eigenvalue weighted by atomic mass is 9.89. The standard InChI is InChI=1S/C27H35N5O/c1-3-28-27(31-19-25-29-15-16-32(25)20-22-8-5-4-6-9-22)30-18-24-10-7-17-33-26(24)23-13-11-21(2)12-14-23/h4-6,8-9,11-16,24,26H,3,7,10,17-20H2,1-2H3,(H2,28,30,31). The summed E-state index contributed by atoms with van der Waals surface area (Å²) in [6.07, 6.45) is 6.23. The van der Waals surface area contributed by atoms with Crippen LogP contribution >= 0.6 is 0 Å². The number of imidazole rings is 1. The van der Waals surface area contributed by atoms with Crippen LogP contribution in [0.25, 0.3) is 0 Å². The third-order valence-electron chi connectivity index (χ3n) is 6.10. The van der Waals surface area contributed by atoms with E-state index < -0.39 is 0 Å². The Labute approximate surface area is 197 Å². The number of benzene rings is 2. The highest BCUT2D eigenvalue weighted by Crippen LogP contribution is 2.33. The van der Waals surface area contributed by atoms with E-state index in [2.05, 4.69) is 82.6 Å². The molecule has 3 aromatic rings. The highest BCUT2D eigenvalue weighted by Gasteiger charge is 2.27. The van der Waals surface area contributed by atoms with Crippen LogP contribution in [0.2, 0.25) is 0 Å². The van der Waals surface area contributed by atoms with E-state index in [4.69, 9.17) is 9.73 Å². The zero-order chi connectivity index (χ0) is 22.9. The van der Waals surface area contributed by atoms with E-state index in [1.165, 1.54) is 16.7 Å². The number of hydrogen-bond donors (Lipinski definition) is 2. The molecular formula is C27H35N5O. The van der Waals surface area contributed by atoms with Crippen LogP contribution in [-0.4, -0.2) is 35.2 Å². The summed E-state index contributed by atoms with van der Waals surface area (Å²) < 4.78 is 8.34. The fourth-order valence-electron chi connectivity index (χ4n) is 4.31. The number of aryl methyl sites for hydroxylation is 1. The van der Waals surface area contributed by atoms with E-state index >= 15 is 0 Å². The molecule has 1 saturated heterocycles. The van der Waals surface area contributed by atoms with Crippen molar-refractivity contribution in [1.82, 2.24) is 20.2 Å². The summed E-state index contributed by atoms with van der Waals surface area (Å²) in [7, 11) is 0. The smallest absolute Gasteiger partial charge is 0.191 e. The van der Waals surface area contributed by atoms with E-state index in [9.17, 15) is 0 Å². The van der Waals surface area contributed by atoms with Crippen LogP contribution in [-0.2, 0) is 17.8 Å². The predicted molar refractivity (Wildman–Crippen MR) is 133 cm³/mol. The number of nitrogens with one attached hydrogen (secondary N) is 2. The van der Waals surface area contributed by atoms with E-state index in [0.29, 0.717) is 12.5 Å². The zero-order valence-corrected chi connectivity index (χ0v) is 19.7. The SMILES string of the molecule is CCNC(=NCc1nccn1Cc1ccccc1)NCC1CCCOC1c1ccc(C)cc1. The molecule has 2 unspecified atom stereocenters. The Morgan fingerprint density at radius 1 is 1.12 bits per heavy atom. The van der Waals surface area contributed by atoms with Gasteiger partial charge in [-0.05, 0) is 37.8 Å². The van der Waals surface area contributed by atoms with Gasteiger partial charge in [-0.25, -0.2) is 9.98 Å². The van der Waals surface area contributed by atoms with Gasteiger partial charge in [-0.15, -0.1) is 0 Å². The summed E-state index contributed by atoms with van der Waals surface area (Å²) in [6, 6.07) is 19.2. The molecule has 0 spiro atoms. The first-order chi connectivity index (χ1) is 16.2. The van der Waals surface area contributed by atoms with Crippen LogP contribution in [0.1, 0.15) is 48.4 Å². The Balaban J connectivity index is 1.39. The number of nitrogens with zero attached hydrogens (tertiary/aromatic N) is 3. The highest BCUT2D eigenvalue weighted by molar-refractivity contribution is 5.79. The maximum atomic E-state index is 6.19. The quantitative estimate of drug-likeness (QED) is 0.397. The van der Waals surface area contributed by atoms with Crippen molar-refractivity contribution in [3.8, 4) is 0 Å². The lowest BCUT2D eigenvalue weighted by Gasteiger charge is -2.32. The van der Waals surface area contributed by atoms with Gasteiger partial charge < -0.3 is 19.9 Å². The Morgan fingerprint density at radius 3 is 2.73 bits per heavy atom. The minimum atomic E-state index is 0.125. The van der Waals surface area contributed by atoms with Crippen LogP contribution in [0, 0.1) is 12.8 Å². The molecule has 2 heterocycles. The van der Waals surface area contributed by atoms with Gasteiger partial charge in [-0.2, -0.15) is 0 Å². The second-order valence-corrected chi connectivity index (χ2v) is 8.64. The largest absolute Gasteiger partial charge is 0.373 e. The highest BCUT2D eigenvalue weighted by atomic mass is 16.5. The van der Waals surface area contributed by atoms with Crippen LogP contribution in [0.5, 0.6) is 0 Å². The molecule has 0 saturated carbocycles. The molecule has 6 heteroatoms. The zero-order valence-electron chi connectivity index (χ0n) is 19.7. The second kappa shape index (κ2) is 11.7. The van der Waals surface area contributed by atoms with Gasteiger partial charge in [-0.1, -0.05) is 60.2 Å². The normalized spacial score (nSPS) is 18.8. The first-order valence-electron chi connectivity index (χ1n) is 12.0. The van der Waals surface area contributed by atoms with Gasteiger partial charge in [0.1, 0.15) is 12.4 Å². The molecule has 2 atom stereocenters. The summed E-state index contributed by atoms with van der Waals surface area (Å²) in [5, 5.41) is 6.93. The molecule has 1 fully saturated rings. The molecule has 174 valence electrons. The van der Waals surface area contributed by atoms with Crippen LogP contribution < -0.4 is 10.6 Å². The molecule has 33 heavy (non-hydrogen) atoms. The van der Waals surface area contributed by atoms with Crippen molar-refractivity contribution in [3.63, 3.8) is 0 Å². The number of aromatic nitrogens is 2. The van der Waals surface area contributed by atoms with E-state index in [-0.39, 0.29) is 6.10 Å².